The summed E-state index contributed by atoms with van der Waals surface area (Å²) >= 11 is 0. The quantitative estimate of drug-likeness (QED) is 0.876. The molecule has 144 valence electrons. The van der Waals surface area contributed by atoms with E-state index in [1.54, 1.807) is 15.9 Å². The molecule has 1 fully saturated rings. The molecule has 0 aromatic heterocycles. The van der Waals surface area contributed by atoms with Crippen LogP contribution in [0.2, 0.25) is 0 Å². The number of rotatable bonds is 3. The predicted molar refractivity (Wildman–Crippen MR) is 98.6 cm³/mol. The van der Waals surface area contributed by atoms with Gasteiger partial charge in [-0.1, -0.05) is 42.0 Å². The SMILES string of the molecule is Cc1ccc(CNC(=O)N2CCN(c3ccccc3C(F)(F)F)CC2)cc1. The Hall–Kier alpha value is -2.70. The Bertz CT molecular complexity index is 782. The molecule has 1 heterocycles. The van der Waals surface area contributed by atoms with Gasteiger partial charge < -0.3 is 15.1 Å². The fourth-order valence-corrected chi connectivity index (χ4v) is 3.13. The average molecular weight is 377 g/mol. The predicted octanol–water partition coefficient (Wildman–Crippen LogP) is 4.05. The summed E-state index contributed by atoms with van der Waals surface area (Å²) in [6.45, 7) is 3.92. The van der Waals surface area contributed by atoms with Crippen LogP contribution in [0.4, 0.5) is 23.7 Å². The number of piperazine rings is 1. The molecule has 2 aromatic rings. The average Bonchev–Trinajstić information content (AvgIpc) is 2.67. The van der Waals surface area contributed by atoms with Crippen molar-refractivity contribution in [3.05, 3.63) is 65.2 Å². The molecule has 4 nitrogen and oxygen atoms in total. The number of para-hydroxylation sites is 1. The number of anilines is 1. The summed E-state index contributed by atoms with van der Waals surface area (Å²) in [5, 5.41) is 2.87. The second kappa shape index (κ2) is 7.90. The zero-order chi connectivity index (χ0) is 19.4. The maximum absolute atomic E-state index is 13.2. The van der Waals surface area contributed by atoms with Gasteiger partial charge in [0, 0.05) is 38.4 Å². The van der Waals surface area contributed by atoms with Crippen LogP contribution in [0.15, 0.2) is 48.5 Å². The van der Waals surface area contributed by atoms with Crippen LogP contribution in [-0.4, -0.2) is 37.1 Å². The molecule has 27 heavy (non-hydrogen) atoms. The summed E-state index contributed by atoms with van der Waals surface area (Å²) in [4.78, 5) is 15.7. The molecule has 0 spiro atoms. The normalized spacial score (nSPS) is 15.0. The highest BCUT2D eigenvalue weighted by atomic mass is 19.4. The molecule has 0 unspecified atom stereocenters. The smallest absolute Gasteiger partial charge is 0.367 e. The van der Waals surface area contributed by atoms with Gasteiger partial charge in [-0.3, -0.25) is 0 Å². The van der Waals surface area contributed by atoms with Gasteiger partial charge in [0.25, 0.3) is 0 Å². The minimum Gasteiger partial charge on any atom is -0.367 e. The van der Waals surface area contributed by atoms with E-state index in [-0.39, 0.29) is 11.7 Å². The number of hydrogen-bond acceptors (Lipinski definition) is 2. The van der Waals surface area contributed by atoms with Crippen molar-refractivity contribution in [2.75, 3.05) is 31.1 Å². The van der Waals surface area contributed by atoms with Gasteiger partial charge in [-0.15, -0.1) is 0 Å². The standard InChI is InChI=1S/C20H22F3N3O/c1-15-6-8-16(9-7-15)14-24-19(27)26-12-10-25(11-13-26)18-5-3-2-4-17(18)20(21,22)23/h2-9H,10-14H2,1H3,(H,24,27). The zero-order valence-electron chi connectivity index (χ0n) is 15.1. The molecular formula is C20H22F3N3O. The lowest BCUT2D eigenvalue weighted by molar-refractivity contribution is -0.137. The summed E-state index contributed by atoms with van der Waals surface area (Å²) in [6, 6.07) is 13.3. The van der Waals surface area contributed by atoms with E-state index in [1.165, 1.54) is 12.1 Å². The number of aryl methyl sites for hydroxylation is 1. The highest BCUT2D eigenvalue weighted by Gasteiger charge is 2.35. The Kier molecular flexibility index (Phi) is 5.58. The van der Waals surface area contributed by atoms with Gasteiger partial charge in [0.05, 0.1) is 5.56 Å². The van der Waals surface area contributed by atoms with Crippen molar-refractivity contribution in [1.29, 1.82) is 0 Å². The molecule has 1 aliphatic rings. The minimum atomic E-state index is -4.39. The monoisotopic (exact) mass is 377 g/mol. The van der Waals surface area contributed by atoms with Gasteiger partial charge in [-0.25, -0.2) is 4.79 Å². The van der Waals surface area contributed by atoms with Gasteiger partial charge in [0.15, 0.2) is 0 Å². The van der Waals surface area contributed by atoms with E-state index in [2.05, 4.69) is 5.32 Å². The maximum atomic E-state index is 13.2. The molecule has 1 N–H and O–H groups in total. The molecule has 3 rings (SSSR count). The van der Waals surface area contributed by atoms with Crippen LogP contribution in [0.5, 0.6) is 0 Å². The van der Waals surface area contributed by atoms with E-state index in [9.17, 15) is 18.0 Å². The summed E-state index contributed by atoms with van der Waals surface area (Å²) in [5.74, 6) is 0. The molecule has 7 heteroatoms. The number of amides is 2. The molecule has 1 aliphatic heterocycles. The van der Waals surface area contributed by atoms with Crippen LogP contribution < -0.4 is 10.2 Å². The van der Waals surface area contributed by atoms with Gasteiger partial charge in [-0.2, -0.15) is 13.2 Å². The number of benzene rings is 2. The number of halogens is 3. The number of carbonyl (C=O) groups excluding carboxylic acids is 1. The van der Waals surface area contributed by atoms with E-state index in [4.69, 9.17) is 0 Å². The maximum Gasteiger partial charge on any atom is 0.418 e. The third-order valence-corrected chi connectivity index (χ3v) is 4.68. The number of nitrogens with zero attached hydrogens (tertiary/aromatic N) is 2. The second-order valence-electron chi connectivity index (χ2n) is 6.63. The first-order valence-corrected chi connectivity index (χ1v) is 8.84. The molecule has 0 radical (unpaired) electrons. The van der Waals surface area contributed by atoms with Gasteiger partial charge >= 0.3 is 12.2 Å². The van der Waals surface area contributed by atoms with Crippen molar-refractivity contribution in [1.82, 2.24) is 10.2 Å². The van der Waals surface area contributed by atoms with Crippen LogP contribution in [0, 0.1) is 6.92 Å². The minimum absolute atomic E-state index is 0.171. The first-order valence-electron chi connectivity index (χ1n) is 8.84. The topological polar surface area (TPSA) is 35.6 Å². The summed E-state index contributed by atoms with van der Waals surface area (Å²) in [6.07, 6.45) is -4.39. The number of alkyl halides is 3. The number of nitrogens with one attached hydrogen (secondary N) is 1. The molecule has 0 saturated carbocycles. The summed E-state index contributed by atoms with van der Waals surface area (Å²) < 4.78 is 39.6. The Morgan fingerprint density at radius 1 is 1.00 bits per heavy atom. The lowest BCUT2D eigenvalue weighted by atomic mass is 10.1. The lowest BCUT2D eigenvalue weighted by Crippen LogP contribution is -2.52. The number of carbonyl (C=O) groups is 1. The third kappa shape index (κ3) is 4.72. The van der Waals surface area contributed by atoms with Crippen LogP contribution in [-0.2, 0) is 12.7 Å². The van der Waals surface area contributed by atoms with Gasteiger partial charge in [0.1, 0.15) is 0 Å². The molecule has 2 amide bonds. The van der Waals surface area contributed by atoms with Crippen molar-refractivity contribution in [2.45, 2.75) is 19.6 Å². The van der Waals surface area contributed by atoms with Crippen molar-refractivity contribution in [3.8, 4) is 0 Å². The highest BCUT2D eigenvalue weighted by molar-refractivity contribution is 5.74. The first kappa shape index (κ1) is 19.1. The Morgan fingerprint density at radius 3 is 2.26 bits per heavy atom. The van der Waals surface area contributed by atoms with Crippen LogP contribution in [0.3, 0.4) is 0 Å². The van der Waals surface area contributed by atoms with E-state index < -0.39 is 11.7 Å². The van der Waals surface area contributed by atoms with Crippen LogP contribution in [0.25, 0.3) is 0 Å². The fourth-order valence-electron chi connectivity index (χ4n) is 3.13. The second-order valence-corrected chi connectivity index (χ2v) is 6.63. The number of urea groups is 1. The molecular weight excluding hydrogens is 355 g/mol. The lowest BCUT2D eigenvalue weighted by Gasteiger charge is -2.37. The van der Waals surface area contributed by atoms with Gasteiger partial charge in [0.2, 0.25) is 0 Å². The van der Waals surface area contributed by atoms with Crippen LogP contribution >= 0.6 is 0 Å². The Labute approximate surface area is 156 Å². The Balaban J connectivity index is 1.56. The van der Waals surface area contributed by atoms with E-state index in [0.29, 0.717) is 32.7 Å². The van der Waals surface area contributed by atoms with Crippen molar-refractivity contribution < 1.29 is 18.0 Å². The van der Waals surface area contributed by atoms with Crippen molar-refractivity contribution in [3.63, 3.8) is 0 Å². The van der Waals surface area contributed by atoms with E-state index >= 15 is 0 Å². The highest BCUT2D eigenvalue weighted by Crippen LogP contribution is 2.36. The summed E-state index contributed by atoms with van der Waals surface area (Å²) in [5.41, 5.74) is 1.69. The van der Waals surface area contributed by atoms with Crippen molar-refractivity contribution >= 4 is 11.7 Å². The van der Waals surface area contributed by atoms with Crippen molar-refractivity contribution in [2.24, 2.45) is 0 Å². The largest absolute Gasteiger partial charge is 0.418 e. The number of hydrogen-bond donors (Lipinski definition) is 1. The molecule has 0 atom stereocenters. The van der Waals surface area contributed by atoms with E-state index in [1.807, 2.05) is 31.2 Å². The van der Waals surface area contributed by atoms with Crippen LogP contribution in [0.1, 0.15) is 16.7 Å². The fraction of sp³-hybridized carbons (Fsp3) is 0.350. The first-order chi connectivity index (χ1) is 12.8. The summed E-state index contributed by atoms with van der Waals surface area (Å²) in [7, 11) is 0. The third-order valence-electron chi connectivity index (χ3n) is 4.68. The molecule has 1 saturated heterocycles. The zero-order valence-corrected chi connectivity index (χ0v) is 15.1. The van der Waals surface area contributed by atoms with E-state index in [0.717, 1.165) is 17.2 Å². The molecule has 0 bridgehead atoms. The molecule has 2 aromatic carbocycles. The Morgan fingerprint density at radius 2 is 1.63 bits per heavy atom. The molecule has 0 aliphatic carbocycles. The van der Waals surface area contributed by atoms with Gasteiger partial charge in [-0.05, 0) is 24.6 Å².